The molecule has 1 unspecified atom stereocenters. The SMILES string of the molecule is Cl.OC1CNc2ccc(Br)cc2C1. The normalized spacial score (nSPS) is 19.7. The Hall–Kier alpha value is -0.250. The van der Waals surface area contributed by atoms with Gasteiger partial charge in [-0.1, -0.05) is 15.9 Å². The van der Waals surface area contributed by atoms with Gasteiger partial charge in [-0.3, -0.25) is 0 Å². The molecule has 0 aliphatic carbocycles. The fourth-order valence-electron chi connectivity index (χ4n) is 1.46. The van der Waals surface area contributed by atoms with E-state index in [0.717, 1.165) is 16.6 Å². The maximum atomic E-state index is 9.37. The average molecular weight is 265 g/mol. The standard InChI is InChI=1S/C9H10BrNO.ClH/c10-7-1-2-9-6(3-7)4-8(12)5-11-9;/h1-3,8,11-12H,4-5H2;1H. The second kappa shape index (κ2) is 4.31. The summed E-state index contributed by atoms with van der Waals surface area (Å²) in [5.74, 6) is 0. The van der Waals surface area contributed by atoms with Crippen LogP contribution in [-0.2, 0) is 6.42 Å². The quantitative estimate of drug-likeness (QED) is 0.753. The number of benzene rings is 1. The van der Waals surface area contributed by atoms with E-state index in [1.54, 1.807) is 0 Å². The van der Waals surface area contributed by atoms with Crippen LogP contribution >= 0.6 is 28.3 Å². The highest BCUT2D eigenvalue weighted by molar-refractivity contribution is 9.10. The minimum atomic E-state index is -0.244. The summed E-state index contributed by atoms with van der Waals surface area (Å²) in [6.45, 7) is 0.661. The maximum absolute atomic E-state index is 9.37. The number of nitrogens with one attached hydrogen (secondary N) is 1. The van der Waals surface area contributed by atoms with Crippen molar-refractivity contribution in [2.24, 2.45) is 0 Å². The van der Waals surface area contributed by atoms with Gasteiger partial charge >= 0.3 is 0 Å². The second-order valence-electron chi connectivity index (χ2n) is 3.04. The minimum Gasteiger partial charge on any atom is -0.391 e. The monoisotopic (exact) mass is 263 g/mol. The van der Waals surface area contributed by atoms with Crippen molar-refractivity contribution in [2.75, 3.05) is 11.9 Å². The van der Waals surface area contributed by atoms with Gasteiger partial charge in [0.25, 0.3) is 0 Å². The van der Waals surface area contributed by atoms with Crippen LogP contribution in [0.25, 0.3) is 0 Å². The van der Waals surface area contributed by atoms with Gasteiger partial charge in [0.15, 0.2) is 0 Å². The maximum Gasteiger partial charge on any atom is 0.0753 e. The van der Waals surface area contributed by atoms with Crippen molar-refractivity contribution < 1.29 is 5.11 Å². The van der Waals surface area contributed by atoms with Gasteiger partial charge < -0.3 is 10.4 Å². The van der Waals surface area contributed by atoms with Crippen molar-refractivity contribution in [3.05, 3.63) is 28.2 Å². The molecule has 1 aliphatic heterocycles. The molecule has 0 aromatic heterocycles. The van der Waals surface area contributed by atoms with Crippen LogP contribution in [0.1, 0.15) is 5.56 Å². The molecule has 1 atom stereocenters. The first kappa shape index (κ1) is 10.8. The lowest BCUT2D eigenvalue weighted by Crippen LogP contribution is -2.27. The van der Waals surface area contributed by atoms with E-state index in [1.807, 2.05) is 18.2 Å². The molecule has 1 aromatic carbocycles. The van der Waals surface area contributed by atoms with Crippen molar-refractivity contribution in [3.63, 3.8) is 0 Å². The van der Waals surface area contributed by atoms with Crippen LogP contribution in [0.3, 0.4) is 0 Å². The van der Waals surface area contributed by atoms with Crippen LogP contribution in [0.5, 0.6) is 0 Å². The first-order valence-corrected chi connectivity index (χ1v) is 4.75. The number of hydrogen-bond donors (Lipinski definition) is 2. The Labute approximate surface area is 91.9 Å². The smallest absolute Gasteiger partial charge is 0.0753 e. The van der Waals surface area contributed by atoms with Gasteiger partial charge in [-0.25, -0.2) is 0 Å². The minimum absolute atomic E-state index is 0. The largest absolute Gasteiger partial charge is 0.391 e. The third kappa shape index (κ3) is 2.36. The third-order valence-electron chi connectivity index (χ3n) is 2.05. The summed E-state index contributed by atoms with van der Waals surface area (Å²) in [4.78, 5) is 0. The fourth-order valence-corrected chi connectivity index (χ4v) is 1.87. The number of aliphatic hydroxyl groups excluding tert-OH is 1. The molecular weight excluding hydrogens is 253 g/mol. The molecule has 0 bridgehead atoms. The summed E-state index contributed by atoms with van der Waals surface area (Å²) in [5, 5.41) is 12.5. The van der Waals surface area contributed by atoms with E-state index in [2.05, 4.69) is 21.2 Å². The van der Waals surface area contributed by atoms with Gasteiger partial charge in [-0.05, 0) is 23.8 Å². The van der Waals surface area contributed by atoms with Crippen molar-refractivity contribution in [2.45, 2.75) is 12.5 Å². The van der Waals surface area contributed by atoms with Gasteiger partial charge in [-0.15, -0.1) is 12.4 Å². The van der Waals surface area contributed by atoms with E-state index >= 15 is 0 Å². The molecule has 0 fully saturated rings. The Morgan fingerprint density at radius 2 is 2.23 bits per heavy atom. The number of rotatable bonds is 0. The Morgan fingerprint density at radius 3 is 3.00 bits per heavy atom. The molecule has 2 rings (SSSR count). The predicted molar refractivity (Wildman–Crippen MR) is 59.6 cm³/mol. The molecule has 0 radical (unpaired) electrons. The Kier molecular flexibility index (Phi) is 3.59. The summed E-state index contributed by atoms with van der Waals surface area (Å²) in [6, 6.07) is 6.08. The number of β-amino-alcohol motifs (C(OH)–C–C–N with tert-alkyl or cyclic N) is 1. The zero-order valence-corrected chi connectivity index (χ0v) is 9.36. The first-order valence-electron chi connectivity index (χ1n) is 3.96. The van der Waals surface area contributed by atoms with Gasteiger partial charge in [0.05, 0.1) is 6.10 Å². The highest BCUT2D eigenvalue weighted by atomic mass is 79.9. The zero-order chi connectivity index (χ0) is 8.55. The van der Waals surface area contributed by atoms with Crippen LogP contribution in [0.4, 0.5) is 5.69 Å². The average Bonchev–Trinajstić information content (AvgIpc) is 2.03. The van der Waals surface area contributed by atoms with Gasteiger partial charge in [-0.2, -0.15) is 0 Å². The van der Waals surface area contributed by atoms with Crippen molar-refractivity contribution in [3.8, 4) is 0 Å². The highest BCUT2D eigenvalue weighted by Gasteiger charge is 2.15. The van der Waals surface area contributed by atoms with Crippen molar-refractivity contribution >= 4 is 34.0 Å². The molecule has 1 aliphatic rings. The number of halogens is 2. The van der Waals surface area contributed by atoms with Crippen LogP contribution in [0.15, 0.2) is 22.7 Å². The number of hydrogen-bond acceptors (Lipinski definition) is 2. The molecule has 0 saturated heterocycles. The van der Waals surface area contributed by atoms with Crippen LogP contribution < -0.4 is 5.32 Å². The van der Waals surface area contributed by atoms with Crippen molar-refractivity contribution in [1.29, 1.82) is 0 Å². The predicted octanol–water partition coefficient (Wildman–Crippen LogP) is 2.20. The van der Waals surface area contributed by atoms with E-state index < -0.39 is 0 Å². The Balaban J connectivity index is 0.000000845. The van der Waals surface area contributed by atoms with Crippen LogP contribution in [-0.4, -0.2) is 17.8 Å². The van der Waals surface area contributed by atoms with E-state index in [0.29, 0.717) is 6.54 Å². The summed E-state index contributed by atoms with van der Waals surface area (Å²) in [6.07, 6.45) is 0.508. The molecule has 13 heavy (non-hydrogen) atoms. The lowest BCUT2D eigenvalue weighted by Gasteiger charge is -2.22. The Morgan fingerprint density at radius 1 is 1.46 bits per heavy atom. The molecule has 72 valence electrons. The molecule has 2 nitrogen and oxygen atoms in total. The second-order valence-corrected chi connectivity index (χ2v) is 3.96. The lowest BCUT2D eigenvalue weighted by molar-refractivity contribution is 0.184. The first-order chi connectivity index (χ1) is 5.75. The molecular formula is C9H11BrClNO. The molecule has 2 N–H and O–H groups in total. The number of fused-ring (bicyclic) bond motifs is 1. The summed E-state index contributed by atoms with van der Waals surface area (Å²) < 4.78 is 1.07. The molecule has 0 spiro atoms. The van der Waals surface area contributed by atoms with E-state index in [9.17, 15) is 5.11 Å². The lowest BCUT2D eigenvalue weighted by atomic mass is 10.0. The Bertz CT molecular complexity index is 306. The topological polar surface area (TPSA) is 32.3 Å². The van der Waals surface area contributed by atoms with Gasteiger partial charge in [0.2, 0.25) is 0 Å². The molecule has 4 heteroatoms. The van der Waals surface area contributed by atoms with E-state index in [4.69, 9.17) is 0 Å². The summed E-state index contributed by atoms with van der Waals surface area (Å²) in [5.41, 5.74) is 2.33. The van der Waals surface area contributed by atoms with Crippen LogP contribution in [0, 0.1) is 0 Å². The zero-order valence-electron chi connectivity index (χ0n) is 6.96. The molecule has 0 amide bonds. The molecule has 0 saturated carbocycles. The van der Waals surface area contributed by atoms with E-state index in [1.165, 1.54) is 5.56 Å². The third-order valence-corrected chi connectivity index (χ3v) is 2.54. The number of anilines is 1. The van der Waals surface area contributed by atoms with Crippen molar-refractivity contribution in [1.82, 2.24) is 0 Å². The van der Waals surface area contributed by atoms with Crippen LogP contribution in [0.2, 0.25) is 0 Å². The molecule has 1 aromatic rings. The van der Waals surface area contributed by atoms with Gasteiger partial charge in [0.1, 0.15) is 0 Å². The summed E-state index contributed by atoms with van der Waals surface area (Å²) >= 11 is 3.40. The van der Waals surface area contributed by atoms with Gasteiger partial charge in [0, 0.05) is 23.1 Å². The highest BCUT2D eigenvalue weighted by Crippen LogP contribution is 2.25. The van der Waals surface area contributed by atoms with E-state index in [-0.39, 0.29) is 18.5 Å². The molecule has 1 heterocycles. The fraction of sp³-hybridized carbons (Fsp3) is 0.333. The summed E-state index contributed by atoms with van der Waals surface area (Å²) in [7, 11) is 0. The number of aliphatic hydroxyl groups is 1.